The summed E-state index contributed by atoms with van der Waals surface area (Å²) in [5.41, 5.74) is 1.84. The number of ether oxygens (including phenoxy) is 1. The minimum Gasteiger partial charge on any atom is -0.494 e. The van der Waals surface area contributed by atoms with Crippen molar-refractivity contribution < 1.29 is 19.2 Å². The number of hydrogen-bond donors (Lipinski definition) is 2. The van der Waals surface area contributed by atoms with Gasteiger partial charge in [-0.2, -0.15) is 4.98 Å². The molecule has 1 amide bonds. The number of carbonyl (C=O) groups is 1. The largest absolute Gasteiger partial charge is 0.494 e. The standard InChI is InChI=1S/C26H38N4O4/c1-18-16-20(7-8-21(18)23(32)27-11-5-14-31)33-15-4-6-19-9-12-30(13-10-19)25-28-24(34-29-25)22-17-26(22,2)3/h7-8,16,19,22,31H,4-6,9-15,17H2,1-3H3,(H,27,32). The van der Waals surface area contributed by atoms with Gasteiger partial charge in [-0.05, 0) is 85.7 Å². The maximum atomic E-state index is 12.2. The predicted octanol–water partition coefficient (Wildman–Crippen LogP) is 4.08. The van der Waals surface area contributed by atoms with Crippen LogP contribution in [0.3, 0.4) is 0 Å². The van der Waals surface area contributed by atoms with Gasteiger partial charge in [-0.15, -0.1) is 0 Å². The van der Waals surface area contributed by atoms with Crippen molar-refractivity contribution in [2.24, 2.45) is 11.3 Å². The molecule has 1 saturated carbocycles. The van der Waals surface area contributed by atoms with Crippen LogP contribution >= 0.6 is 0 Å². The molecule has 1 unspecified atom stereocenters. The number of aliphatic hydroxyl groups excluding tert-OH is 1. The molecule has 8 heteroatoms. The SMILES string of the molecule is Cc1cc(OCCCC2CCN(c3noc(C4CC4(C)C)n3)CC2)ccc1C(=O)NCCCO. The summed E-state index contributed by atoms with van der Waals surface area (Å²) in [4.78, 5) is 19.1. The first-order valence-electron chi connectivity index (χ1n) is 12.6. The molecule has 8 nitrogen and oxygen atoms in total. The highest BCUT2D eigenvalue weighted by atomic mass is 16.5. The molecule has 1 saturated heterocycles. The lowest BCUT2D eigenvalue weighted by Crippen LogP contribution is -2.34. The van der Waals surface area contributed by atoms with E-state index in [2.05, 4.69) is 34.2 Å². The second-order valence-corrected chi connectivity index (χ2v) is 10.4. The Bertz CT molecular complexity index is 965. The summed E-state index contributed by atoms with van der Waals surface area (Å²) in [7, 11) is 0. The zero-order chi connectivity index (χ0) is 24.1. The summed E-state index contributed by atoms with van der Waals surface area (Å²) >= 11 is 0. The summed E-state index contributed by atoms with van der Waals surface area (Å²) in [6, 6.07) is 5.58. The number of amides is 1. The van der Waals surface area contributed by atoms with E-state index in [1.54, 1.807) is 0 Å². The van der Waals surface area contributed by atoms with Gasteiger partial charge in [0.05, 0.1) is 6.61 Å². The highest BCUT2D eigenvalue weighted by molar-refractivity contribution is 5.95. The smallest absolute Gasteiger partial charge is 0.266 e. The van der Waals surface area contributed by atoms with Crippen LogP contribution in [0, 0.1) is 18.3 Å². The first-order chi connectivity index (χ1) is 16.4. The van der Waals surface area contributed by atoms with Crippen LogP contribution in [-0.4, -0.2) is 54.0 Å². The second kappa shape index (κ2) is 10.8. The third kappa shape index (κ3) is 6.09. The lowest BCUT2D eigenvalue weighted by molar-refractivity contribution is 0.0950. The van der Waals surface area contributed by atoms with Crippen LogP contribution < -0.4 is 15.0 Å². The van der Waals surface area contributed by atoms with Crippen LogP contribution in [-0.2, 0) is 0 Å². The van der Waals surface area contributed by atoms with E-state index >= 15 is 0 Å². The van der Waals surface area contributed by atoms with Gasteiger partial charge >= 0.3 is 0 Å². The molecular formula is C26H38N4O4. The zero-order valence-electron chi connectivity index (χ0n) is 20.7. The number of aromatic nitrogens is 2. The van der Waals surface area contributed by atoms with Crippen molar-refractivity contribution in [3.63, 3.8) is 0 Å². The fraction of sp³-hybridized carbons (Fsp3) is 0.654. The Morgan fingerprint density at radius 3 is 2.74 bits per heavy atom. The molecule has 1 aromatic carbocycles. The Labute approximate surface area is 202 Å². The van der Waals surface area contributed by atoms with E-state index in [1.165, 1.54) is 0 Å². The van der Waals surface area contributed by atoms with Crippen molar-refractivity contribution in [3.05, 3.63) is 35.2 Å². The van der Waals surface area contributed by atoms with E-state index in [9.17, 15) is 4.79 Å². The number of anilines is 1. The number of nitrogens with zero attached hydrogens (tertiary/aromatic N) is 3. The fourth-order valence-electron chi connectivity index (χ4n) is 4.73. The van der Waals surface area contributed by atoms with Crippen LogP contribution in [0.1, 0.15) is 80.1 Å². The third-order valence-corrected chi connectivity index (χ3v) is 7.23. The summed E-state index contributed by atoms with van der Waals surface area (Å²) in [6.07, 6.45) is 6.11. The molecule has 2 fully saturated rings. The number of benzene rings is 1. The van der Waals surface area contributed by atoms with Crippen molar-refractivity contribution in [3.8, 4) is 5.75 Å². The molecule has 1 aromatic heterocycles. The van der Waals surface area contributed by atoms with Crippen molar-refractivity contribution in [1.29, 1.82) is 0 Å². The quantitative estimate of drug-likeness (QED) is 0.477. The molecule has 186 valence electrons. The van der Waals surface area contributed by atoms with Gasteiger partial charge in [0.2, 0.25) is 5.89 Å². The van der Waals surface area contributed by atoms with Gasteiger partial charge in [0.15, 0.2) is 0 Å². The van der Waals surface area contributed by atoms with Crippen molar-refractivity contribution in [1.82, 2.24) is 15.5 Å². The summed E-state index contributed by atoms with van der Waals surface area (Å²) < 4.78 is 11.5. The minimum atomic E-state index is -0.114. The van der Waals surface area contributed by atoms with Crippen LogP contribution in [0.25, 0.3) is 0 Å². The van der Waals surface area contributed by atoms with Crippen molar-refractivity contribution >= 4 is 11.9 Å². The van der Waals surface area contributed by atoms with Crippen LogP contribution in [0.15, 0.2) is 22.7 Å². The van der Waals surface area contributed by atoms with E-state index in [0.717, 1.165) is 68.3 Å². The van der Waals surface area contributed by atoms with Crippen LogP contribution in [0.5, 0.6) is 5.75 Å². The number of aliphatic hydroxyl groups is 1. The van der Waals surface area contributed by atoms with Gasteiger partial charge in [0, 0.05) is 37.7 Å². The Hall–Kier alpha value is -2.61. The van der Waals surface area contributed by atoms with Gasteiger partial charge in [0.25, 0.3) is 11.9 Å². The first-order valence-corrected chi connectivity index (χ1v) is 12.6. The van der Waals surface area contributed by atoms with Gasteiger partial charge in [-0.3, -0.25) is 4.79 Å². The molecule has 0 spiro atoms. The number of carbonyl (C=O) groups excluding carboxylic acids is 1. The summed E-state index contributed by atoms with van der Waals surface area (Å²) in [5, 5.41) is 15.9. The molecule has 0 radical (unpaired) electrons. The lowest BCUT2D eigenvalue weighted by atomic mass is 9.92. The van der Waals surface area contributed by atoms with Gasteiger partial charge in [-0.25, -0.2) is 0 Å². The molecule has 2 aromatic rings. The average Bonchev–Trinajstić information content (AvgIpc) is 3.21. The molecule has 0 bridgehead atoms. The first kappa shape index (κ1) is 24.5. The third-order valence-electron chi connectivity index (χ3n) is 7.23. The number of aryl methyl sites for hydroxylation is 1. The number of piperidine rings is 1. The summed E-state index contributed by atoms with van der Waals surface area (Å²) in [6.45, 7) is 9.57. The van der Waals surface area contributed by atoms with Crippen molar-refractivity contribution in [2.45, 2.75) is 65.2 Å². The Morgan fingerprint density at radius 1 is 1.29 bits per heavy atom. The Kier molecular flexibility index (Phi) is 7.76. The molecule has 34 heavy (non-hydrogen) atoms. The van der Waals surface area contributed by atoms with Gasteiger partial charge in [0.1, 0.15) is 5.75 Å². The Balaban J connectivity index is 1.14. The lowest BCUT2D eigenvalue weighted by Gasteiger charge is -2.30. The van der Waals surface area contributed by atoms with Crippen LogP contribution in [0.2, 0.25) is 0 Å². The van der Waals surface area contributed by atoms with E-state index in [1.807, 2.05) is 25.1 Å². The molecule has 4 rings (SSSR count). The average molecular weight is 471 g/mol. The molecule has 2 heterocycles. The molecule has 1 atom stereocenters. The van der Waals surface area contributed by atoms with E-state index < -0.39 is 0 Å². The minimum absolute atomic E-state index is 0.0732. The fourth-order valence-corrected chi connectivity index (χ4v) is 4.73. The maximum Gasteiger partial charge on any atom is 0.266 e. The van der Waals surface area contributed by atoms with Crippen molar-refractivity contribution in [2.75, 3.05) is 37.7 Å². The van der Waals surface area contributed by atoms with E-state index in [0.29, 0.717) is 42.4 Å². The summed E-state index contributed by atoms with van der Waals surface area (Å²) in [5.74, 6) is 3.34. The predicted molar refractivity (Wildman–Crippen MR) is 130 cm³/mol. The zero-order valence-corrected chi connectivity index (χ0v) is 20.7. The highest BCUT2D eigenvalue weighted by Crippen LogP contribution is 2.58. The van der Waals surface area contributed by atoms with Crippen LogP contribution in [0.4, 0.5) is 5.95 Å². The van der Waals surface area contributed by atoms with Gasteiger partial charge < -0.3 is 24.6 Å². The Morgan fingerprint density at radius 2 is 2.06 bits per heavy atom. The second-order valence-electron chi connectivity index (χ2n) is 10.4. The molecule has 1 aliphatic heterocycles. The maximum absolute atomic E-state index is 12.2. The van der Waals surface area contributed by atoms with E-state index in [-0.39, 0.29) is 12.5 Å². The molecular weight excluding hydrogens is 432 g/mol. The molecule has 1 aliphatic carbocycles. The topological polar surface area (TPSA) is 101 Å². The number of rotatable bonds is 11. The van der Waals surface area contributed by atoms with E-state index in [4.69, 9.17) is 14.4 Å². The number of nitrogens with one attached hydrogen (secondary N) is 1. The van der Waals surface area contributed by atoms with Gasteiger partial charge in [-0.1, -0.05) is 13.8 Å². The molecule has 2 N–H and O–H groups in total. The highest BCUT2D eigenvalue weighted by Gasteiger charge is 2.50. The number of hydrogen-bond acceptors (Lipinski definition) is 7. The normalized spacial score (nSPS) is 19.8. The monoisotopic (exact) mass is 470 g/mol. The molecule has 2 aliphatic rings.